The summed E-state index contributed by atoms with van der Waals surface area (Å²) in [6.45, 7) is 3.86. The standard InChI is InChI=1S/C13H18ClN3O2S/c14-13-4-3-12(9-15-13)20(18,19)17-7-5-16(6-8-17)10-11-1-2-11/h3-4,9,11H,1-2,5-8,10H2. The summed E-state index contributed by atoms with van der Waals surface area (Å²) in [6, 6.07) is 3.03. The Balaban J connectivity index is 1.65. The molecule has 2 heterocycles. The first-order valence-corrected chi connectivity index (χ1v) is 8.71. The highest BCUT2D eigenvalue weighted by molar-refractivity contribution is 7.89. The zero-order valence-electron chi connectivity index (χ0n) is 11.2. The van der Waals surface area contributed by atoms with E-state index in [1.54, 1.807) is 4.31 Å². The van der Waals surface area contributed by atoms with Gasteiger partial charge in [-0.25, -0.2) is 13.4 Å². The van der Waals surface area contributed by atoms with Crippen LogP contribution in [0.25, 0.3) is 0 Å². The van der Waals surface area contributed by atoms with Crippen molar-refractivity contribution in [1.29, 1.82) is 0 Å². The molecule has 110 valence electrons. The minimum atomic E-state index is -3.43. The molecule has 1 aliphatic carbocycles. The lowest BCUT2D eigenvalue weighted by Crippen LogP contribution is -2.49. The Kier molecular flexibility index (Phi) is 3.99. The lowest BCUT2D eigenvalue weighted by Gasteiger charge is -2.33. The maximum absolute atomic E-state index is 12.5. The summed E-state index contributed by atoms with van der Waals surface area (Å²) in [5.41, 5.74) is 0. The number of halogens is 1. The van der Waals surface area contributed by atoms with E-state index < -0.39 is 10.0 Å². The van der Waals surface area contributed by atoms with Crippen LogP contribution in [0.4, 0.5) is 0 Å². The average Bonchev–Trinajstić information content (AvgIpc) is 3.24. The highest BCUT2D eigenvalue weighted by Crippen LogP contribution is 2.30. The third kappa shape index (κ3) is 3.14. The fourth-order valence-corrected chi connectivity index (χ4v) is 3.96. The number of hydrogen-bond donors (Lipinski definition) is 0. The molecule has 0 spiro atoms. The second-order valence-corrected chi connectivity index (χ2v) is 7.79. The maximum Gasteiger partial charge on any atom is 0.244 e. The van der Waals surface area contributed by atoms with Crippen LogP contribution >= 0.6 is 11.6 Å². The second kappa shape index (κ2) is 5.60. The van der Waals surface area contributed by atoms with Gasteiger partial charge in [0.2, 0.25) is 10.0 Å². The van der Waals surface area contributed by atoms with Gasteiger partial charge >= 0.3 is 0 Å². The number of nitrogens with zero attached hydrogens (tertiary/aromatic N) is 3. The van der Waals surface area contributed by atoms with Gasteiger partial charge < -0.3 is 4.90 Å². The molecule has 2 fully saturated rings. The van der Waals surface area contributed by atoms with Crippen LogP contribution in [0.5, 0.6) is 0 Å². The van der Waals surface area contributed by atoms with Crippen molar-refractivity contribution in [2.75, 3.05) is 32.7 Å². The molecule has 1 aliphatic heterocycles. The van der Waals surface area contributed by atoms with E-state index in [2.05, 4.69) is 9.88 Å². The van der Waals surface area contributed by atoms with Crippen molar-refractivity contribution in [2.24, 2.45) is 5.92 Å². The van der Waals surface area contributed by atoms with E-state index in [9.17, 15) is 8.42 Å². The van der Waals surface area contributed by atoms with E-state index in [4.69, 9.17) is 11.6 Å². The summed E-state index contributed by atoms with van der Waals surface area (Å²) < 4.78 is 26.5. The van der Waals surface area contributed by atoms with Gasteiger partial charge in [-0.15, -0.1) is 0 Å². The molecule has 3 rings (SSSR count). The van der Waals surface area contributed by atoms with Crippen LogP contribution in [0.1, 0.15) is 12.8 Å². The Morgan fingerprint density at radius 1 is 1.20 bits per heavy atom. The molecule has 1 saturated heterocycles. The number of rotatable bonds is 4. The molecule has 0 aromatic carbocycles. The number of aromatic nitrogens is 1. The predicted octanol–water partition coefficient (Wildman–Crippen LogP) is 1.45. The van der Waals surface area contributed by atoms with E-state index >= 15 is 0 Å². The normalized spacial score (nSPS) is 22.1. The Labute approximate surface area is 124 Å². The van der Waals surface area contributed by atoms with Gasteiger partial charge in [-0.05, 0) is 30.9 Å². The molecule has 1 aromatic rings. The first-order valence-electron chi connectivity index (χ1n) is 6.90. The van der Waals surface area contributed by atoms with Gasteiger partial charge in [0.1, 0.15) is 10.0 Å². The zero-order chi connectivity index (χ0) is 14.2. The summed E-state index contributed by atoms with van der Waals surface area (Å²) in [6.07, 6.45) is 3.98. The van der Waals surface area contributed by atoms with Crippen LogP contribution in [-0.2, 0) is 10.0 Å². The SMILES string of the molecule is O=S(=O)(c1ccc(Cl)nc1)N1CCN(CC2CC2)CC1. The van der Waals surface area contributed by atoms with E-state index in [1.807, 2.05) is 0 Å². The van der Waals surface area contributed by atoms with Crippen molar-refractivity contribution in [2.45, 2.75) is 17.7 Å². The monoisotopic (exact) mass is 315 g/mol. The summed E-state index contributed by atoms with van der Waals surface area (Å²) in [5, 5.41) is 0.304. The summed E-state index contributed by atoms with van der Waals surface area (Å²) in [4.78, 5) is 6.44. The van der Waals surface area contributed by atoms with Crippen LogP contribution in [0.2, 0.25) is 5.15 Å². The average molecular weight is 316 g/mol. The van der Waals surface area contributed by atoms with Crippen LogP contribution in [0, 0.1) is 5.92 Å². The number of pyridine rings is 1. The van der Waals surface area contributed by atoms with Crippen LogP contribution in [0.3, 0.4) is 0 Å². The molecule has 0 unspecified atom stereocenters. The maximum atomic E-state index is 12.5. The van der Waals surface area contributed by atoms with Gasteiger partial charge in [0, 0.05) is 38.9 Å². The molecule has 0 amide bonds. The summed E-state index contributed by atoms with van der Waals surface area (Å²) in [5.74, 6) is 0.846. The second-order valence-electron chi connectivity index (χ2n) is 5.46. The lowest BCUT2D eigenvalue weighted by atomic mass is 10.3. The van der Waals surface area contributed by atoms with Crippen LogP contribution < -0.4 is 0 Å². The van der Waals surface area contributed by atoms with Crippen molar-refractivity contribution in [3.05, 3.63) is 23.5 Å². The number of hydrogen-bond acceptors (Lipinski definition) is 4. The van der Waals surface area contributed by atoms with Gasteiger partial charge in [0.15, 0.2) is 0 Å². The van der Waals surface area contributed by atoms with Crippen molar-refractivity contribution >= 4 is 21.6 Å². The molecule has 2 aliphatic rings. The van der Waals surface area contributed by atoms with Crippen molar-refractivity contribution in [3.63, 3.8) is 0 Å². The fraction of sp³-hybridized carbons (Fsp3) is 0.615. The van der Waals surface area contributed by atoms with Crippen LogP contribution in [-0.4, -0.2) is 55.3 Å². The molecule has 20 heavy (non-hydrogen) atoms. The van der Waals surface area contributed by atoms with Gasteiger partial charge in [0.25, 0.3) is 0 Å². The van der Waals surface area contributed by atoms with E-state index in [0.29, 0.717) is 18.2 Å². The zero-order valence-corrected chi connectivity index (χ0v) is 12.8. The van der Waals surface area contributed by atoms with Gasteiger partial charge in [-0.1, -0.05) is 11.6 Å². The topological polar surface area (TPSA) is 53.5 Å². The van der Waals surface area contributed by atoms with E-state index in [1.165, 1.54) is 31.2 Å². The first-order chi connectivity index (χ1) is 9.55. The molecule has 0 radical (unpaired) electrons. The molecule has 7 heteroatoms. The highest BCUT2D eigenvalue weighted by Gasteiger charge is 2.31. The number of piperazine rings is 1. The van der Waals surface area contributed by atoms with Crippen molar-refractivity contribution < 1.29 is 8.42 Å². The smallest absolute Gasteiger partial charge is 0.244 e. The largest absolute Gasteiger partial charge is 0.300 e. The highest BCUT2D eigenvalue weighted by atomic mass is 35.5. The predicted molar refractivity (Wildman–Crippen MR) is 77.2 cm³/mol. The van der Waals surface area contributed by atoms with Gasteiger partial charge in [-0.3, -0.25) is 0 Å². The number of sulfonamides is 1. The quantitative estimate of drug-likeness (QED) is 0.789. The van der Waals surface area contributed by atoms with Gasteiger partial charge in [-0.2, -0.15) is 4.31 Å². The molecule has 1 saturated carbocycles. The summed E-state index contributed by atoms with van der Waals surface area (Å²) >= 11 is 5.69. The van der Waals surface area contributed by atoms with Crippen molar-refractivity contribution in [3.8, 4) is 0 Å². The molecule has 0 atom stereocenters. The molecular weight excluding hydrogens is 298 g/mol. The Hall–Kier alpha value is -0.690. The van der Waals surface area contributed by atoms with E-state index in [0.717, 1.165) is 25.6 Å². The third-order valence-corrected chi connectivity index (χ3v) is 5.99. The first kappa shape index (κ1) is 14.3. The third-order valence-electron chi connectivity index (χ3n) is 3.88. The van der Waals surface area contributed by atoms with Crippen LogP contribution in [0.15, 0.2) is 23.2 Å². The summed E-state index contributed by atoms with van der Waals surface area (Å²) in [7, 11) is -3.43. The Bertz CT molecular complexity index is 564. The molecule has 0 N–H and O–H groups in total. The Morgan fingerprint density at radius 3 is 2.45 bits per heavy atom. The lowest BCUT2D eigenvalue weighted by molar-refractivity contribution is 0.182. The molecule has 5 nitrogen and oxygen atoms in total. The minimum absolute atomic E-state index is 0.220. The Morgan fingerprint density at radius 2 is 1.90 bits per heavy atom. The minimum Gasteiger partial charge on any atom is -0.300 e. The molecule has 0 bridgehead atoms. The van der Waals surface area contributed by atoms with Crippen molar-refractivity contribution in [1.82, 2.24) is 14.2 Å². The molecular formula is C13H18ClN3O2S. The van der Waals surface area contributed by atoms with E-state index in [-0.39, 0.29) is 4.90 Å². The fourth-order valence-electron chi connectivity index (χ4n) is 2.48. The van der Waals surface area contributed by atoms with Gasteiger partial charge in [0.05, 0.1) is 0 Å². The molecule has 1 aromatic heterocycles.